The molecule has 0 spiro atoms. The minimum Gasteiger partial charge on any atom is -0.394 e. The number of aliphatic hydroxyl groups excluding tert-OH is 1. The second-order valence-electron chi connectivity index (χ2n) is 5.93. The lowest BCUT2D eigenvalue weighted by Gasteiger charge is -2.32. The SMILES string of the molecule is C=C/C(Br)=C1/N=C(c2ccccc2Cl)C=C(N[C@@H](CO)C(C)C)N1N. The molecule has 1 aromatic carbocycles. The molecule has 5 nitrogen and oxygen atoms in total. The third-order valence-corrected chi connectivity index (χ3v) is 4.87. The van der Waals surface area contributed by atoms with Gasteiger partial charge in [-0.15, -0.1) is 0 Å². The zero-order valence-electron chi connectivity index (χ0n) is 14.2. The monoisotopic (exact) mass is 424 g/mol. The van der Waals surface area contributed by atoms with Crippen molar-refractivity contribution in [1.29, 1.82) is 0 Å². The third-order valence-electron chi connectivity index (χ3n) is 3.86. The standard InChI is InChI=1S/C18H22BrClN4O/c1-4-13(19)18-23-15(12-7-5-6-8-14(12)20)9-17(24(18)21)22-16(10-25)11(2)3/h4-9,11,16,22,25H,1,10,21H2,2-3H3/b18-13+/t16-/m0/s1. The van der Waals surface area contributed by atoms with Crippen LogP contribution >= 0.6 is 27.5 Å². The van der Waals surface area contributed by atoms with Gasteiger partial charge in [0, 0.05) is 16.7 Å². The summed E-state index contributed by atoms with van der Waals surface area (Å²) in [5, 5.41) is 14.9. The Morgan fingerprint density at radius 2 is 2.16 bits per heavy atom. The van der Waals surface area contributed by atoms with Gasteiger partial charge in [0.25, 0.3) is 0 Å². The van der Waals surface area contributed by atoms with Crippen molar-refractivity contribution in [2.75, 3.05) is 6.61 Å². The van der Waals surface area contributed by atoms with Gasteiger partial charge in [-0.25, -0.2) is 15.8 Å². The molecule has 7 heteroatoms. The number of hydrogen-bond donors (Lipinski definition) is 3. The average molecular weight is 426 g/mol. The second kappa shape index (κ2) is 8.67. The molecule has 25 heavy (non-hydrogen) atoms. The van der Waals surface area contributed by atoms with Crippen LogP contribution in [-0.4, -0.2) is 28.5 Å². The molecule has 0 fully saturated rings. The van der Waals surface area contributed by atoms with Crippen molar-refractivity contribution in [2.24, 2.45) is 16.8 Å². The van der Waals surface area contributed by atoms with Crippen LogP contribution in [0.25, 0.3) is 0 Å². The van der Waals surface area contributed by atoms with Gasteiger partial charge in [-0.05, 0) is 27.9 Å². The molecule has 1 heterocycles. The van der Waals surface area contributed by atoms with Gasteiger partial charge in [0.2, 0.25) is 0 Å². The van der Waals surface area contributed by atoms with Crippen molar-refractivity contribution >= 4 is 33.2 Å². The number of hydrazine groups is 1. The number of hydrogen-bond acceptors (Lipinski definition) is 5. The Kier molecular flexibility index (Phi) is 6.84. The van der Waals surface area contributed by atoms with Crippen LogP contribution in [0.2, 0.25) is 5.02 Å². The zero-order valence-corrected chi connectivity index (χ0v) is 16.5. The molecular weight excluding hydrogens is 404 g/mol. The minimum atomic E-state index is -0.147. The van der Waals surface area contributed by atoms with E-state index >= 15 is 0 Å². The Balaban J connectivity index is 2.53. The van der Waals surface area contributed by atoms with Gasteiger partial charge in [0.15, 0.2) is 5.82 Å². The Hall–Kier alpha value is -1.60. The molecule has 0 radical (unpaired) electrons. The van der Waals surface area contributed by atoms with Crippen molar-refractivity contribution in [3.05, 3.63) is 69.7 Å². The molecule has 0 saturated carbocycles. The van der Waals surface area contributed by atoms with Crippen LogP contribution < -0.4 is 11.2 Å². The summed E-state index contributed by atoms with van der Waals surface area (Å²) in [6.07, 6.45) is 3.44. The van der Waals surface area contributed by atoms with Gasteiger partial charge >= 0.3 is 0 Å². The van der Waals surface area contributed by atoms with E-state index in [2.05, 4.69) is 32.8 Å². The second-order valence-corrected chi connectivity index (χ2v) is 7.19. The van der Waals surface area contributed by atoms with E-state index in [1.165, 1.54) is 5.01 Å². The molecule has 0 unspecified atom stereocenters. The predicted molar refractivity (Wildman–Crippen MR) is 107 cm³/mol. The highest BCUT2D eigenvalue weighted by atomic mass is 79.9. The van der Waals surface area contributed by atoms with Crippen LogP contribution in [0.3, 0.4) is 0 Å². The summed E-state index contributed by atoms with van der Waals surface area (Å²) in [5.74, 6) is 7.56. The number of aliphatic imine (C=N–C) groups is 1. The highest BCUT2D eigenvalue weighted by Gasteiger charge is 2.24. The number of halogens is 2. The van der Waals surface area contributed by atoms with Gasteiger partial charge < -0.3 is 10.4 Å². The summed E-state index contributed by atoms with van der Waals surface area (Å²) in [6, 6.07) is 7.32. The van der Waals surface area contributed by atoms with Crippen molar-refractivity contribution < 1.29 is 5.11 Å². The number of rotatable bonds is 6. The van der Waals surface area contributed by atoms with Crippen LogP contribution in [0.15, 0.2) is 64.1 Å². The molecule has 2 rings (SSSR count). The first-order valence-electron chi connectivity index (χ1n) is 7.88. The van der Waals surface area contributed by atoms with Crippen molar-refractivity contribution in [3.63, 3.8) is 0 Å². The molecule has 1 aliphatic heterocycles. The summed E-state index contributed by atoms with van der Waals surface area (Å²) in [6.45, 7) is 7.79. The van der Waals surface area contributed by atoms with E-state index in [1.807, 2.05) is 44.2 Å². The number of nitrogens with zero attached hydrogens (tertiary/aromatic N) is 2. The van der Waals surface area contributed by atoms with Crippen LogP contribution in [0.1, 0.15) is 19.4 Å². The number of allylic oxidation sites excluding steroid dienone is 3. The Morgan fingerprint density at radius 1 is 1.48 bits per heavy atom. The van der Waals surface area contributed by atoms with E-state index in [9.17, 15) is 5.11 Å². The van der Waals surface area contributed by atoms with Gasteiger partial charge in [-0.2, -0.15) is 0 Å². The molecule has 134 valence electrons. The molecule has 0 amide bonds. The summed E-state index contributed by atoms with van der Waals surface area (Å²) in [7, 11) is 0. The van der Waals surface area contributed by atoms with Crippen LogP contribution in [0.4, 0.5) is 0 Å². The van der Waals surface area contributed by atoms with E-state index in [0.717, 1.165) is 5.56 Å². The molecule has 4 N–H and O–H groups in total. The van der Waals surface area contributed by atoms with Gasteiger partial charge in [0.05, 0.1) is 22.8 Å². The summed E-state index contributed by atoms with van der Waals surface area (Å²) >= 11 is 9.76. The Morgan fingerprint density at radius 3 is 2.72 bits per heavy atom. The van der Waals surface area contributed by atoms with Crippen LogP contribution in [0, 0.1) is 5.92 Å². The van der Waals surface area contributed by atoms with E-state index in [1.54, 1.807) is 6.08 Å². The summed E-state index contributed by atoms with van der Waals surface area (Å²) in [5.41, 5.74) is 1.47. The Labute approximate surface area is 161 Å². The fourth-order valence-electron chi connectivity index (χ4n) is 2.30. The Bertz CT molecular complexity index is 742. The number of nitrogens with two attached hydrogens (primary N) is 1. The zero-order chi connectivity index (χ0) is 18.6. The van der Waals surface area contributed by atoms with E-state index in [-0.39, 0.29) is 18.6 Å². The lowest BCUT2D eigenvalue weighted by Crippen LogP contribution is -2.46. The van der Waals surface area contributed by atoms with Crippen LogP contribution in [-0.2, 0) is 0 Å². The maximum absolute atomic E-state index is 9.62. The smallest absolute Gasteiger partial charge is 0.163 e. The van der Waals surface area contributed by atoms with Gasteiger partial charge in [-0.1, -0.05) is 56.3 Å². The van der Waals surface area contributed by atoms with Crippen molar-refractivity contribution in [1.82, 2.24) is 10.3 Å². The molecule has 1 aliphatic rings. The number of nitrogens with one attached hydrogen (secondary N) is 1. The topological polar surface area (TPSA) is 73.9 Å². The van der Waals surface area contributed by atoms with E-state index < -0.39 is 0 Å². The maximum Gasteiger partial charge on any atom is 0.163 e. The quantitative estimate of drug-likeness (QED) is 0.610. The fourth-order valence-corrected chi connectivity index (χ4v) is 2.82. The van der Waals surface area contributed by atoms with E-state index in [0.29, 0.717) is 26.9 Å². The molecule has 0 aromatic heterocycles. The molecule has 1 aromatic rings. The van der Waals surface area contributed by atoms with E-state index in [4.69, 9.17) is 17.4 Å². The van der Waals surface area contributed by atoms with Gasteiger partial charge in [-0.3, -0.25) is 0 Å². The highest BCUT2D eigenvalue weighted by molar-refractivity contribution is 9.11. The average Bonchev–Trinajstić information content (AvgIpc) is 2.60. The third kappa shape index (κ3) is 4.52. The van der Waals surface area contributed by atoms with Gasteiger partial charge in [0.1, 0.15) is 5.82 Å². The predicted octanol–water partition coefficient (Wildman–Crippen LogP) is 3.52. The lowest BCUT2D eigenvalue weighted by molar-refractivity contribution is 0.208. The normalized spacial score (nSPS) is 17.8. The molecule has 1 atom stereocenters. The molecule has 0 bridgehead atoms. The first kappa shape index (κ1) is 19.7. The molecule has 0 aliphatic carbocycles. The van der Waals surface area contributed by atoms with Crippen LogP contribution in [0.5, 0.6) is 0 Å². The first-order valence-corrected chi connectivity index (χ1v) is 9.05. The molecular formula is C18H22BrClN4O. The minimum absolute atomic E-state index is 0.0108. The van der Waals surface area contributed by atoms with Crippen molar-refractivity contribution in [2.45, 2.75) is 19.9 Å². The summed E-state index contributed by atoms with van der Waals surface area (Å²) in [4.78, 5) is 4.61. The maximum atomic E-state index is 9.62. The number of aliphatic hydroxyl groups is 1. The first-order chi connectivity index (χ1) is 11.9. The lowest BCUT2D eigenvalue weighted by atomic mass is 10.0. The summed E-state index contributed by atoms with van der Waals surface area (Å²) < 4.78 is 0.650. The number of benzene rings is 1. The van der Waals surface area contributed by atoms with Crippen molar-refractivity contribution in [3.8, 4) is 0 Å². The largest absolute Gasteiger partial charge is 0.394 e. The fraction of sp³-hybridized carbons (Fsp3) is 0.278. The molecule has 0 saturated heterocycles. The highest BCUT2D eigenvalue weighted by Crippen LogP contribution is 2.27.